The van der Waals surface area contributed by atoms with Gasteiger partial charge in [0.15, 0.2) is 0 Å². The van der Waals surface area contributed by atoms with E-state index < -0.39 is 16.4 Å². The lowest BCUT2D eigenvalue weighted by atomic mass is 10.0. The number of hydrogen-bond donors (Lipinski definition) is 0. The maximum absolute atomic E-state index is 13.3. The molecule has 1 atom stereocenters. The van der Waals surface area contributed by atoms with Crippen LogP contribution in [0.2, 0.25) is 5.02 Å². The molecule has 0 bridgehead atoms. The molecule has 162 valence electrons. The third kappa shape index (κ3) is 5.75. The summed E-state index contributed by atoms with van der Waals surface area (Å²) < 4.78 is 18.8. The van der Waals surface area contributed by atoms with Crippen LogP contribution in [0, 0.1) is 0 Å². The van der Waals surface area contributed by atoms with Crippen LogP contribution in [0.25, 0.3) is 11.1 Å². The van der Waals surface area contributed by atoms with Gasteiger partial charge in [-0.3, -0.25) is 0 Å². The van der Waals surface area contributed by atoms with Crippen LogP contribution in [0.1, 0.15) is 31.1 Å². The molecule has 1 unspecified atom stereocenters. The van der Waals surface area contributed by atoms with Crippen molar-refractivity contribution in [2.24, 2.45) is 0 Å². The fourth-order valence-electron chi connectivity index (χ4n) is 3.01. The molecular formula is C25H26ClNO3S. The molecule has 0 aliphatic heterocycles. The Morgan fingerprint density at radius 3 is 2.10 bits per heavy atom. The summed E-state index contributed by atoms with van der Waals surface area (Å²) >= 11 is 6.25. The molecule has 3 aromatic rings. The van der Waals surface area contributed by atoms with Crippen molar-refractivity contribution in [2.75, 3.05) is 19.0 Å². The highest BCUT2D eigenvalue weighted by Gasteiger charge is 2.19. The van der Waals surface area contributed by atoms with Crippen LogP contribution in [-0.4, -0.2) is 29.9 Å². The van der Waals surface area contributed by atoms with E-state index in [9.17, 15) is 9.00 Å². The van der Waals surface area contributed by atoms with Crippen LogP contribution in [-0.2, 0) is 15.5 Å². The number of carbonyl (C=O) groups excluding carboxylic acids is 1. The Labute approximate surface area is 191 Å². The molecule has 4 nitrogen and oxygen atoms in total. The molecule has 0 N–H and O–H groups in total. The minimum atomic E-state index is -1.38. The fraction of sp³-hybridized carbons (Fsp3) is 0.240. The first-order valence-electron chi connectivity index (χ1n) is 9.88. The van der Waals surface area contributed by atoms with Crippen LogP contribution < -0.4 is 4.90 Å². The molecule has 0 aromatic heterocycles. The lowest BCUT2D eigenvalue weighted by Crippen LogP contribution is -2.23. The Hall–Kier alpha value is -2.63. The summed E-state index contributed by atoms with van der Waals surface area (Å²) in [5.74, 6) is -0.380. The van der Waals surface area contributed by atoms with E-state index in [-0.39, 0.29) is 5.97 Å². The Morgan fingerprint density at radius 2 is 1.55 bits per heavy atom. The van der Waals surface area contributed by atoms with Crippen LogP contribution in [0.5, 0.6) is 0 Å². The van der Waals surface area contributed by atoms with Crippen molar-refractivity contribution in [1.82, 2.24) is 0 Å². The number of carbonyl (C=O) groups is 1. The van der Waals surface area contributed by atoms with Gasteiger partial charge >= 0.3 is 5.97 Å². The molecule has 31 heavy (non-hydrogen) atoms. The van der Waals surface area contributed by atoms with Gasteiger partial charge in [-0.25, -0.2) is 9.00 Å². The highest BCUT2D eigenvalue weighted by molar-refractivity contribution is 7.85. The molecule has 0 heterocycles. The van der Waals surface area contributed by atoms with Gasteiger partial charge in [-0.2, -0.15) is 0 Å². The molecule has 3 rings (SSSR count). The number of benzene rings is 3. The summed E-state index contributed by atoms with van der Waals surface area (Å²) in [5, 5.41) is 0.551. The van der Waals surface area contributed by atoms with Gasteiger partial charge in [0.05, 0.1) is 21.3 Å². The average molecular weight is 456 g/mol. The van der Waals surface area contributed by atoms with Gasteiger partial charge in [0, 0.05) is 29.7 Å². The van der Waals surface area contributed by atoms with Crippen molar-refractivity contribution in [1.29, 1.82) is 0 Å². The van der Waals surface area contributed by atoms with E-state index in [1.54, 1.807) is 30.3 Å². The Bertz CT molecular complexity index is 1100. The van der Waals surface area contributed by atoms with Crippen molar-refractivity contribution in [3.05, 3.63) is 77.3 Å². The Kier molecular flexibility index (Phi) is 6.87. The molecule has 0 amide bonds. The van der Waals surface area contributed by atoms with E-state index in [0.717, 1.165) is 16.8 Å². The van der Waals surface area contributed by atoms with Gasteiger partial charge in [-0.15, -0.1) is 0 Å². The van der Waals surface area contributed by atoms with Gasteiger partial charge in [-0.1, -0.05) is 23.7 Å². The van der Waals surface area contributed by atoms with Gasteiger partial charge in [0.25, 0.3) is 0 Å². The maximum Gasteiger partial charge on any atom is 0.338 e. The average Bonchev–Trinajstić information content (AvgIpc) is 2.72. The van der Waals surface area contributed by atoms with Crippen molar-refractivity contribution in [3.8, 4) is 11.1 Å². The van der Waals surface area contributed by atoms with Crippen LogP contribution in [0.15, 0.2) is 76.5 Å². The number of anilines is 1. The topological polar surface area (TPSA) is 46.6 Å². The minimum Gasteiger partial charge on any atom is -0.456 e. The van der Waals surface area contributed by atoms with E-state index in [0.29, 0.717) is 20.4 Å². The predicted octanol–water partition coefficient (Wildman–Crippen LogP) is 6.20. The smallest absolute Gasteiger partial charge is 0.338 e. The fourth-order valence-corrected chi connectivity index (χ4v) is 4.38. The second-order valence-corrected chi connectivity index (χ2v) is 10.3. The number of nitrogens with zero attached hydrogens (tertiary/aromatic N) is 1. The van der Waals surface area contributed by atoms with Gasteiger partial charge in [-0.05, 0) is 86.5 Å². The highest BCUT2D eigenvalue weighted by atomic mass is 35.5. The monoisotopic (exact) mass is 455 g/mol. The number of esters is 1. The number of ether oxygens (including phenoxy) is 1. The summed E-state index contributed by atoms with van der Waals surface area (Å²) in [7, 11) is 2.54. The number of rotatable bonds is 5. The molecule has 0 saturated carbocycles. The Balaban J connectivity index is 1.94. The first kappa shape index (κ1) is 23.0. The molecule has 0 saturated heterocycles. The second-order valence-electron chi connectivity index (χ2n) is 8.38. The summed E-state index contributed by atoms with van der Waals surface area (Å²) in [6.45, 7) is 5.49. The lowest BCUT2D eigenvalue weighted by Gasteiger charge is -2.19. The van der Waals surface area contributed by atoms with Crippen LogP contribution >= 0.6 is 11.6 Å². The maximum atomic E-state index is 13.3. The zero-order valence-corrected chi connectivity index (χ0v) is 19.9. The predicted molar refractivity (Wildman–Crippen MR) is 127 cm³/mol. The summed E-state index contributed by atoms with van der Waals surface area (Å²) in [6.07, 6.45) is 0. The van der Waals surface area contributed by atoms with E-state index in [1.165, 1.54) is 0 Å². The normalized spacial score (nSPS) is 12.3. The molecule has 3 aromatic carbocycles. The summed E-state index contributed by atoms with van der Waals surface area (Å²) in [4.78, 5) is 15.7. The summed E-state index contributed by atoms with van der Waals surface area (Å²) in [6, 6.07) is 20.0. The Morgan fingerprint density at radius 1 is 0.935 bits per heavy atom. The molecule has 0 aliphatic rings. The third-order valence-electron chi connectivity index (χ3n) is 4.54. The highest BCUT2D eigenvalue weighted by Crippen LogP contribution is 2.32. The molecule has 0 spiro atoms. The first-order chi connectivity index (χ1) is 14.5. The van der Waals surface area contributed by atoms with Crippen LogP contribution in [0.4, 0.5) is 5.69 Å². The van der Waals surface area contributed by atoms with E-state index in [4.69, 9.17) is 16.3 Å². The largest absolute Gasteiger partial charge is 0.456 e. The third-order valence-corrected chi connectivity index (χ3v) is 6.23. The molecular weight excluding hydrogens is 430 g/mol. The number of hydrogen-bond acceptors (Lipinski definition) is 4. The SMILES string of the molecule is CN(C)c1ccc(S(=O)c2ccc(Cl)cc2-c2ccc(C(=O)OC(C)(C)C)cc2)cc1. The van der Waals surface area contributed by atoms with Gasteiger partial charge < -0.3 is 9.64 Å². The number of halogens is 1. The molecule has 0 radical (unpaired) electrons. The van der Waals surface area contributed by atoms with Crippen molar-refractivity contribution >= 4 is 34.1 Å². The van der Waals surface area contributed by atoms with Crippen molar-refractivity contribution in [3.63, 3.8) is 0 Å². The second kappa shape index (κ2) is 9.25. The zero-order chi connectivity index (χ0) is 22.8. The zero-order valence-electron chi connectivity index (χ0n) is 18.3. The standard InChI is InChI=1S/C25H26ClNO3S/c1-25(2,3)30-24(28)18-8-6-17(7-9-18)22-16-19(26)10-15-23(22)31(29)21-13-11-20(12-14-21)27(4)5/h6-16H,1-5H3. The van der Waals surface area contributed by atoms with Crippen LogP contribution in [0.3, 0.4) is 0 Å². The minimum absolute atomic E-state index is 0.380. The lowest BCUT2D eigenvalue weighted by molar-refractivity contribution is 0.00695. The van der Waals surface area contributed by atoms with Crippen molar-refractivity contribution in [2.45, 2.75) is 36.2 Å². The quantitative estimate of drug-likeness (QED) is 0.430. The molecule has 0 fully saturated rings. The van der Waals surface area contributed by atoms with Gasteiger partial charge in [0.1, 0.15) is 5.60 Å². The van der Waals surface area contributed by atoms with Crippen molar-refractivity contribution < 1.29 is 13.7 Å². The van der Waals surface area contributed by atoms with E-state index in [2.05, 4.69) is 0 Å². The van der Waals surface area contributed by atoms with Gasteiger partial charge in [0.2, 0.25) is 0 Å². The summed E-state index contributed by atoms with van der Waals surface area (Å²) in [5.41, 5.74) is 2.52. The van der Waals surface area contributed by atoms with E-state index >= 15 is 0 Å². The molecule has 6 heteroatoms. The van der Waals surface area contributed by atoms with E-state index in [1.807, 2.05) is 76.2 Å². The molecule has 0 aliphatic carbocycles. The first-order valence-corrected chi connectivity index (χ1v) is 11.4.